The number of rotatable bonds is 8. The first-order chi connectivity index (χ1) is 11.8. The highest BCUT2D eigenvalue weighted by Crippen LogP contribution is 2.17. The van der Waals surface area contributed by atoms with E-state index in [0.29, 0.717) is 11.7 Å². The molecule has 24 heavy (non-hydrogen) atoms. The van der Waals surface area contributed by atoms with Gasteiger partial charge in [-0.2, -0.15) is 0 Å². The number of nitrogens with one attached hydrogen (secondary N) is 2. The largest absolute Gasteiger partial charge is 0.489 e. The number of hydrogen-bond donors (Lipinski definition) is 2. The summed E-state index contributed by atoms with van der Waals surface area (Å²) < 4.78 is 5.53. The highest BCUT2D eigenvalue weighted by molar-refractivity contribution is 7.80. The van der Waals surface area contributed by atoms with Gasteiger partial charge in [-0.3, -0.25) is 0 Å². The maximum absolute atomic E-state index is 5.53. The lowest BCUT2D eigenvalue weighted by Gasteiger charge is -2.20. The summed E-state index contributed by atoms with van der Waals surface area (Å²) in [6.45, 7) is 8.71. The van der Waals surface area contributed by atoms with Gasteiger partial charge in [-0.1, -0.05) is 31.6 Å². The number of ether oxygens (including phenoxy) is 1. The van der Waals surface area contributed by atoms with Crippen LogP contribution in [0.4, 0.5) is 5.69 Å². The van der Waals surface area contributed by atoms with Crippen LogP contribution in [0.15, 0.2) is 36.9 Å². The van der Waals surface area contributed by atoms with Crippen LogP contribution in [0.25, 0.3) is 0 Å². The molecule has 4 nitrogen and oxygen atoms in total. The molecule has 2 rings (SSSR count). The van der Waals surface area contributed by atoms with E-state index in [-0.39, 0.29) is 0 Å². The third-order valence-electron chi connectivity index (χ3n) is 4.10. The van der Waals surface area contributed by atoms with Gasteiger partial charge >= 0.3 is 0 Å². The lowest BCUT2D eigenvalue weighted by Crippen LogP contribution is -2.32. The predicted octanol–water partition coefficient (Wildman–Crippen LogP) is 3.80. The first-order valence-corrected chi connectivity index (χ1v) is 9.30. The Labute approximate surface area is 151 Å². The Morgan fingerprint density at radius 3 is 2.79 bits per heavy atom. The second-order valence-electron chi connectivity index (χ2n) is 6.12. The summed E-state index contributed by atoms with van der Waals surface area (Å²) >= 11 is 5.37. The van der Waals surface area contributed by atoms with Gasteiger partial charge in [0.15, 0.2) is 5.11 Å². The van der Waals surface area contributed by atoms with Gasteiger partial charge in [-0.25, -0.2) is 0 Å². The molecule has 1 saturated heterocycles. The van der Waals surface area contributed by atoms with Crippen LogP contribution in [0.2, 0.25) is 0 Å². The zero-order valence-electron chi connectivity index (χ0n) is 14.4. The van der Waals surface area contributed by atoms with Gasteiger partial charge in [-0.15, -0.1) is 0 Å². The minimum Gasteiger partial charge on any atom is -0.489 e. The van der Waals surface area contributed by atoms with E-state index in [1.165, 1.54) is 38.8 Å². The Hall–Kier alpha value is -1.59. The third-order valence-corrected chi connectivity index (χ3v) is 4.34. The van der Waals surface area contributed by atoms with E-state index >= 15 is 0 Å². The van der Waals surface area contributed by atoms with Crippen molar-refractivity contribution in [2.24, 2.45) is 0 Å². The maximum atomic E-state index is 5.53. The van der Waals surface area contributed by atoms with Crippen LogP contribution in [0, 0.1) is 0 Å². The predicted molar refractivity (Wildman–Crippen MR) is 106 cm³/mol. The van der Waals surface area contributed by atoms with Gasteiger partial charge in [0, 0.05) is 18.3 Å². The van der Waals surface area contributed by atoms with E-state index in [4.69, 9.17) is 17.0 Å². The number of benzene rings is 1. The molecule has 0 aliphatic carbocycles. The van der Waals surface area contributed by atoms with Crippen LogP contribution in [0.3, 0.4) is 0 Å². The topological polar surface area (TPSA) is 36.5 Å². The monoisotopic (exact) mass is 347 g/mol. The molecular weight excluding hydrogens is 318 g/mol. The summed E-state index contributed by atoms with van der Waals surface area (Å²) in [6, 6.07) is 7.79. The van der Waals surface area contributed by atoms with Crippen molar-refractivity contribution < 1.29 is 4.74 Å². The molecule has 0 spiro atoms. The van der Waals surface area contributed by atoms with E-state index < -0.39 is 0 Å². The van der Waals surface area contributed by atoms with Crippen molar-refractivity contribution in [3.63, 3.8) is 0 Å². The third kappa shape index (κ3) is 7.32. The fourth-order valence-corrected chi connectivity index (χ4v) is 3.08. The van der Waals surface area contributed by atoms with Crippen LogP contribution in [0.1, 0.15) is 32.1 Å². The standard InChI is InChI=1S/C19H29N3OS/c1-2-15-23-18-10-7-9-17(16-18)21-19(24)20-11-8-14-22-12-5-3-4-6-13-22/h2,7,9-10,16H,1,3-6,8,11-15H2,(H2,20,21,24). The molecule has 0 radical (unpaired) electrons. The normalized spacial score (nSPS) is 15.3. The van der Waals surface area contributed by atoms with E-state index in [0.717, 1.165) is 30.9 Å². The van der Waals surface area contributed by atoms with Crippen LogP contribution in [0.5, 0.6) is 5.75 Å². The summed E-state index contributed by atoms with van der Waals surface area (Å²) in [4.78, 5) is 2.57. The van der Waals surface area contributed by atoms with Crippen molar-refractivity contribution in [3.8, 4) is 5.75 Å². The average Bonchev–Trinajstić information content (AvgIpc) is 2.86. The van der Waals surface area contributed by atoms with Crippen molar-refractivity contribution in [1.29, 1.82) is 0 Å². The maximum Gasteiger partial charge on any atom is 0.170 e. The van der Waals surface area contributed by atoms with Crippen molar-refractivity contribution in [1.82, 2.24) is 10.2 Å². The summed E-state index contributed by atoms with van der Waals surface area (Å²) in [5.74, 6) is 0.809. The summed E-state index contributed by atoms with van der Waals surface area (Å²) in [5, 5.41) is 7.15. The Morgan fingerprint density at radius 2 is 2.04 bits per heavy atom. The molecule has 1 aliphatic heterocycles. The van der Waals surface area contributed by atoms with Gasteiger partial charge in [0.25, 0.3) is 0 Å². The first kappa shape index (κ1) is 18.7. The van der Waals surface area contributed by atoms with Gasteiger partial charge in [0.05, 0.1) is 0 Å². The van der Waals surface area contributed by atoms with Gasteiger partial charge in [0.1, 0.15) is 12.4 Å². The number of likely N-dealkylation sites (tertiary alicyclic amines) is 1. The van der Waals surface area contributed by atoms with Gasteiger partial charge in [0.2, 0.25) is 0 Å². The zero-order valence-corrected chi connectivity index (χ0v) is 15.2. The molecule has 1 aromatic rings. The van der Waals surface area contributed by atoms with Gasteiger partial charge in [-0.05, 0) is 63.2 Å². The molecule has 1 aromatic carbocycles. The van der Waals surface area contributed by atoms with E-state index in [2.05, 4.69) is 22.1 Å². The Balaban J connectivity index is 1.64. The Morgan fingerprint density at radius 1 is 1.25 bits per heavy atom. The summed E-state index contributed by atoms with van der Waals surface area (Å²) in [5.41, 5.74) is 0.932. The minimum atomic E-state index is 0.503. The molecule has 1 aliphatic rings. The molecule has 5 heteroatoms. The number of anilines is 1. The molecular formula is C19H29N3OS. The van der Waals surface area contributed by atoms with E-state index in [1.54, 1.807) is 6.08 Å². The zero-order chi connectivity index (χ0) is 17.0. The fourth-order valence-electron chi connectivity index (χ4n) is 2.86. The quantitative estimate of drug-likeness (QED) is 0.425. The van der Waals surface area contributed by atoms with Crippen molar-refractivity contribution in [3.05, 3.63) is 36.9 Å². The molecule has 0 unspecified atom stereocenters. The van der Waals surface area contributed by atoms with Crippen LogP contribution >= 0.6 is 12.2 Å². The molecule has 0 saturated carbocycles. The second-order valence-corrected chi connectivity index (χ2v) is 6.53. The lowest BCUT2D eigenvalue weighted by atomic mass is 10.2. The first-order valence-electron chi connectivity index (χ1n) is 8.89. The van der Waals surface area contributed by atoms with E-state index in [9.17, 15) is 0 Å². The van der Waals surface area contributed by atoms with Gasteiger partial charge < -0.3 is 20.3 Å². The summed E-state index contributed by atoms with van der Waals surface area (Å²) in [6.07, 6.45) is 8.31. The molecule has 0 amide bonds. The minimum absolute atomic E-state index is 0.503. The molecule has 2 N–H and O–H groups in total. The summed E-state index contributed by atoms with van der Waals surface area (Å²) in [7, 11) is 0. The highest BCUT2D eigenvalue weighted by atomic mass is 32.1. The number of thiocarbonyl (C=S) groups is 1. The van der Waals surface area contributed by atoms with Crippen molar-refractivity contribution in [2.45, 2.75) is 32.1 Å². The Kier molecular flexibility index (Phi) is 8.63. The molecule has 0 bridgehead atoms. The van der Waals surface area contributed by atoms with Crippen LogP contribution < -0.4 is 15.4 Å². The highest BCUT2D eigenvalue weighted by Gasteiger charge is 2.08. The average molecular weight is 348 g/mol. The fraction of sp³-hybridized carbons (Fsp3) is 0.526. The molecule has 0 aromatic heterocycles. The number of nitrogens with zero attached hydrogens (tertiary/aromatic N) is 1. The Bertz CT molecular complexity index is 513. The molecule has 1 fully saturated rings. The van der Waals surface area contributed by atoms with Crippen LogP contribution in [-0.2, 0) is 0 Å². The second kappa shape index (κ2) is 11.0. The van der Waals surface area contributed by atoms with Crippen molar-refractivity contribution >= 4 is 23.0 Å². The SMILES string of the molecule is C=CCOc1cccc(NC(=S)NCCCN2CCCCCC2)c1. The molecule has 1 heterocycles. The van der Waals surface area contributed by atoms with Crippen LogP contribution in [-0.4, -0.2) is 42.8 Å². The van der Waals surface area contributed by atoms with E-state index in [1.807, 2.05) is 24.3 Å². The smallest absolute Gasteiger partial charge is 0.170 e. The molecule has 132 valence electrons. The lowest BCUT2D eigenvalue weighted by molar-refractivity contribution is 0.282. The number of hydrogen-bond acceptors (Lipinski definition) is 3. The van der Waals surface area contributed by atoms with Crippen molar-refractivity contribution in [2.75, 3.05) is 38.1 Å². The molecule has 0 atom stereocenters.